The molecule has 2 heterocycles. The molecule has 0 saturated carbocycles. The lowest BCUT2D eigenvalue weighted by atomic mass is 10.0. The monoisotopic (exact) mass is 337 g/mol. The Kier molecular flexibility index (Phi) is 4.70. The zero-order valence-corrected chi connectivity index (χ0v) is 14.2. The minimum Gasteiger partial charge on any atom is -0.352 e. The summed E-state index contributed by atoms with van der Waals surface area (Å²) in [5, 5.41) is 5.99. The van der Waals surface area contributed by atoms with E-state index in [9.17, 15) is 13.2 Å². The Balaban J connectivity index is 1.97. The Hall–Kier alpha value is -1.44. The third-order valence-electron chi connectivity index (χ3n) is 4.50. The van der Waals surface area contributed by atoms with E-state index in [4.69, 9.17) is 0 Å². The second-order valence-corrected chi connectivity index (χ2v) is 7.98. The number of carbonyl (C=O) groups excluding carboxylic acids is 1. The fourth-order valence-electron chi connectivity index (χ4n) is 3.29. The Bertz CT molecular complexity index is 697. The van der Waals surface area contributed by atoms with Crippen molar-refractivity contribution in [3.8, 4) is 0 Å². The van der Waals surface area contributed by atoms with Gasteiger partial charge in [-0.25, -0.2) is 8.42 Å². The van der Waals surface area contributed by atoms with E-state index in [1.165, 1.54) is 6.07 Å². The van der Waals surface area contributed by atoms with E-state index in [1.54, 1.807) is 16.4 Å². The molecule has 1 aromatic rings. The maximum atomic E-state index is 13.1. The molecule has 1 unspecified atom stereocenters. The molecule has 1 aromatic carbocycles. The summed E-state index contributed by atoms with van der Waals surface area (Å²) in [6.45, 7) is 4.61. The van der Waals surface area contributed by atoms with Gasteiger partial charge in [-0.2, -0.15) is 4.31 Å². The number of carbonyl (C=O) groups is 1. The number of hydrogen-bond donors (Lipinski definition) is 2. The maximum Gasteiger partial charge on any atom is 0.251 e. The van der Waals surface area contributed by atoms with Gasteiger partial charge in [0.1, 0.15) is 0 Å². The van der Waals surface area contributed by atoms with Crippen molar-refractivity contribution >= 4 is 15.9 Å². The van der Waals surface area contributed by atoms with E-state index < -0.39 is 10.0 Å². The molecular formula is C16H23N3O3S. The number of nitrogens with one attached hydrogen (secondary N) is 2. The molecule has 2 aliphatic heterocycles. The van der Waals surface area contributed by atoms with Gasteiger partial charge in [-0.15, -0.1) is 0 Å². The van der Waals surface area contributed by atoms with Crippen molar-refractivity contribution in [1.82, 2.24) is 14.9 Å². The summed E-state index contributed by atoms with van der Waals surface area (Å²) in [5.41, 5.74) is 1.40. The van der Waals surface area contributed by atoms with Crippen LogP contribution in [0.25, 0.3) is 0 Å². The Morgan fingerprint density at radius 1 is 1.30 bits per heavy atom. The molecule has 1 saturated heterocycles. The first-order valence-electron chi connectivity index (χ1n) is 8.17. The first kappa shape index (κ1) is 16.4. The van der Waals surface area contributed by atoms with E-state index in [0.29, 0.717) is 25.2 Å². The Labute approximate surface area is 137 Å². The normalized spacial score (nSPS) is 21.3. The molecule has 0 aromatic heterocycles. The molecule has 6 nitrogen and oxygen atoms in total. The van der Waals surface area contributed by atoms with Crippen LogP contribution in [0.3, 0.4) is 0 Å². The molecule has 3 rings (SSSR count). The summed E-state index contributed by atoms with van der Waals surface area (Å²) >= 11 is 0. The number of hydrogen-bond acceptors (Lipinski definition) is 4. The number of sulfonamides is 1. The number of fused-ring (bicyclic) bond motifs is 1. The minimum absolute atomic E-state index is 0.00944. The molecule has 0 spiro atoms. The van der Waals surface area contributed by atoms with Crippen LogP contribution in [0.15, 0.2) is 23.1 Å². The van der Waals surface area contributed by atoms with Crippen molar-refractivity contribution in [2.45, 2.75) is 37.1 Å². The molecule has 0 bridgehead atoms. The number of amides is 1. The van der Waals surface area contributed by atoms with E-state index in [-0.39, 0.29) is 16.8 Å². The average Bonchev–Trinajstić information content (AvgIpc) is 3.06. The summed E-state index contributed by atoms with van der Waals surface area (Å²) in [6, 6.07) is 4.93. The number of nitrogens with zero attached hydrogens (tertiary/aromatic N) is 1. The van der Waals surface area contributed by atoms with Gasteiger partial charge in [-0.3, -0.25) is 4.79 Å². The van der Waals surface area contributed by atoms with E-state index in [0.717, 1.165) is 31.4 Å². The van der Waals surface area contributed by atoms with E-state index in [1.807, 2.05) is 6.92 Å². The minimum atomic E-state index is -3.59. The fraction of sp³-hybridized carbons (Fsp3) is 0.562. The molecule has 1 fully saturated rings. The second-order valence-electron chi connectivity index (χ2n) is 6.09. The summed E-state index contributed by atoms with van der Waals surface area (Å²) in [7, 11) is -3.59. The van der Waals surface area contributed by atoms with Crippen molar-refractivity contribution in [3.63, 3.8) is 0 Å². The van der Waals surface area contributed by atoms with Crippen molar-refractivity contribution in [1.29, 1.82) is 0 Å². The van der Waals surface area contributed by atoms with Crippen molar-refractivity contribution in [2.75, 3.05) is 26.2 Å². The standard InChI is InChI=1S/C16H23N3O3S/c1-2-9-19(13-6-7-17-11-13)23(21,22)14-4-3-12-5-8-18-16(20)15(12)10-14/h3-4,10,13,17H,2,5-9,11H2,1H3,(H,18,20). The highest BCUT2D eigenvalue weighted by molar-refractivity contribution is 7.89. The molecule has 1 atom stereocenters. The number of rotatable bonds is 5. The highest BCUT2D eigenvalue weighted by Crippen LogP contribution is 2.25. The van der Waals surface area contributed by atoms with Crippen molar-refractivity contribution in [3.05, 3.63) is 29.3 Å². The summed E-state index contributed by atoms with van der Waals surface area (Å²) in [5.74, 6) is -0.187. The third kappa shape index (κ3) is 3.13. The molecule has 2 N–H and O–H groups in total. The van der Waals surface area contributed by atoms with Gasteiger partial charge >= 0.3 is 0 Å². The largest absolute Gasteiger partial charge is 0.352 e. The summed E-state index contributed by atoms with van der Waals surface area (Å²) in [4.78, 5) is 12.2. The maximum absolute atomic E-state index is 13.1. The first-order chi connectivity index (χ1) is 11.0. The lowest BCUT2D eigenvalue weighted by molar-refractivity contribution is 0.0945. The molecule has 0 aliphatic carbocycles. The average molecular weight is 337 g/mol. The quantitative estimate of drug-likeness (QED) is 0.830. The van der Waals surface area contributed by atoms with Crippen LogP contribution < -0.4 is 10.6 Å². The van der Waals surface area contributed by atoms with Gasteiger partial charge in [-0.1, -0.05) is 13.0 Å². The second kappa shape index (κ2) is 6.59. The highest BCUT2D eigenvalue weighted by Gasteiger charge is 2.33. The molecule has 0 radical (unpaired) electrons. The molecular weight excluding hydrogens is 314 g/mol. The van der Waals surface area contributed by atoms with E-state index >= 15 is 0 Å². The zero-order valence-electron chi connectivity index (χ0n) is 13.3. The molecule has 23 heavy (non-hydrogen) atoms. The third-order valence-corrected chi connectivity index (χ3v) is 6.45. The fourth-order valence-corrected chi connectivity index (χ4v) is 5.06. The van der Waals surface area contributed by atoms with Gasteiger partial charge in [0.25, 0.3) is 5.91 Å². The van der Waals surface area contributed by atoms with Gasteiger partial charge in [0.15, 0.2) is 0 Å². The number of benzene rings is 1. The lowest BCUT2D eigenvalue weighted by Crippen LogP contribution is -2.42. The SMILES string of the molecule is CCCN(C1CCNC1)S(=O)(=O)c1ccc2c(c1)C(=O)NCC2. The summed E-state index contributed by atoms with van der Waals surface area (Å²) in [6.07, 6.45) is 2.33. The van der Waals surface area contributed by atoms with Gasteiger partial charge in [0.2, 0.25) is 10.0 Å². The molecule has 126 valence electrons. The predicted octanol–water partition coefficient (Wildman–Crippen LogP) is 0.735. The first-order valence-corrected chi connectivity index (χ1v) is 9.61. The van der Waals surface area contributed by atoms with Crippen LogP contribution in [0, 0.1) is 0 Å². The van der Waals surface area contributed by atoms with Gasteiger partial charge in [-0.05, 0) is 43.5 Å². The van der Waals surface area contributed by atoms with Crippen LogP contribution in [0.5, 0.6) is 0 Å². The van der Waals surface area contributed by atoms with Crippen LogP contribution in [-0.2, 0) is 16.4 Å². The van der Waals surface area contributed by atoms with Crippen LogP contribution >= 0.6 is 0 Å². The Morgan fingerprint density at radius 3 is 2.83 bits per heavy atom. The van der Waals surface area contributed by atoms with Crippen LogP contribution in [0.4, 0.5) is 0 Å². The molecule has 1 amide bonds. The van der Waals surface area contributed by atoms with Crippen molar-refractivity contribution < 1.29 is 13.2 Å². The van der Waals surface area contributed by atoms with Gasteiger partial charge < -0.3 is 10.6 Å². The van der Waals surface area contributed by atoms with Gasteiger partial charge in [0.05, 0.1) is 4.90 Å². The van der Waals surface area contributed by atoms with Crippen LogP contribution in [-0.4, -0.2) is 50.9 Å². The van der Waals surface area contributed by atoms with Crippen LogP contribution in [0.2, 0.25) is 0 Å². The Morgan fingerprint density at radius 2 is 2.13 bits per heavy atom. The van der Waals surface area contributed by atoms with Crippen LogP contribution in [0.1, 0.15) is 35.7 Å². The molecule has 2 aliphatic rings. The van der Waals surface area contributed by atoms with Gasteiger partial charge in [0, 0.05) is 31.2 Å². The topological polar surface area (TPSA) is 78.5 Å². The summed E-state index contributed by atoms with van der Waals surface area (Å²) < 4.78 is 27.7. The predicted molar refractivity (Wildman–Crippen MR) is 87.9 cm³/mol. The molecule has 7 heteroatoms. The van der Waals surface area contributed by atoms with E-state index in [2.05, 4.69) is 10.6 Å². The zero-order chi connectivity index (χ0) is 16.4. The highest BCUT2D eigenvalue weighted by atomic mass is 32.2. The smallest absolute Gasteiger partial charge is 0.251 e. The van der Waals surface area contributed by atoms with Crippen molar-refractivity contribution in [2.24, 2.45) is 0 Å². The lowest BCUT2D eigenvalue weighted by Gasteiger charge is -2.28.